The number of nitrogens with one attached hydrogen (secondary N) is 2. The van der Waals surface area contributed by atoms with Crippen LogP contribution in [0.3, 0.4) is 0 Å². The number of H-pyrrole nitrogens is 1. The molecule has 0 unspecified atom stereocenters. The topological polar surface area (TPSA) is 66.0 Å². The van der Waals surface area contributed by atoms with Gasteiger partial charge >= 0.3 is 0 Å². The van der Waals surface area contributed by atoms with E-state index in [1.54, 1.807) is 0 Å². The van der Waals surface area contributed by atoms with Crippen LogP contribution in [0.25, 0.3) is 10.9 Å². The van der Waals surface area contributed by atoms with Crippen LogP contribution in [0.15, 0.2) is 30.3 Å². The van der Waals surface area contributed by atoms with Gasteiger partial charge in [-0.15, -0.1) is 0 Å². The minimum atomic E-state index is -0.0401. The van der Waals surface area contributed by atoms with Crippen molar-refractivity contribution in [1.82, 2.24) is 25.0 Å². The number of hydrogen-bond donors (Lipinski definition) is 2. The maximum atomic E-state index is 12.8. The highest BCUT2D eigenvalue weighted by Gasteiger charge is 2.42. The number of rotatable bonds is 2. The molecule has 0 atom stereocenters. The van der Waals surface area contributed by atoms with Gasteiger partial charge in [-0.25, -0.2) is 0 Å². The Morgan fingerprint density at radius 3 is 2.75 bits per heavy atom. The van der Waals surface area contributed by atoms with Gasteiger partial charge in [0, 0.05) is 41.9 Å². The molecule has 2 aromatic heterocycles. The number of para-hydroxylation sites is 1. The highest BCUT2D eigenvalue weighted by Crippen LogP contribution is 2.40. The second-order valence-electron chi connectivity index (χ2n) is 8.25. The van der Waals surface area contributed by atoms with Gasteiger partial charge in [-0.2, -0.15) is 5.10 Å². The highest BCUT2D eigenvalue weighted by atomic mass is 16.2. The molecule has 6 heteroatoms. The molecule has 1 saturated heterocycles. The molecule has 1 spiro atoms. The fraction of sp³-hybridized carbons (Fsp3) is 0.455. The number of aromatic nitrogens is 3. The Kier molecular flexibility index (Phi) is 4.05. The van der Waals surface area contributed by atoms with Crippen LogP contribution < -0.4 is 5.32 Å². The van der Waals surface area contributed by atoms with Crippen molar-refractivity contribution < 1.29 is 4.79 Å². The zero-order valence-corrected chi connectivity index (χ0v) is 16.6. The number of fused-ring (bicyclic) bond motifs is 4. The Labute approximate surface area is 164 Å². The molecule has 0 bridgehead atoms. The second-order valence-corrected chi connectivity index (χ2v) is 8.25. The van der Waals surface area contributed by atoms with Crippen LogP contribution in [0.5, 0.6) is 0 Å². The molecule has 4 heterocycles. The third-order valence-electron chi connectivity index (χ3n) is 6.49. The molecule has 1 fully saturated rings. The lowest BCUT2D eigenvalue weighted by Gasteiger charge is -2.44. The lowest BCUT2D eigenvalue weighted by molar-refractivity contribution is -0.134. The smallest absolute Gasteiger partial charge is 0.244 e. The van der Waals surface area contributed by atoms with E-state index in [-0.39, 0.29) is 11.4 Å². The first-order chi connectivity index (χ1) is 13.6. The Morgan fingerprint density at radius 1 is 1.21 bits per heavy atom. The van der Waals surface area contributed by atoms with E-state index in [2.05, 4.69) is 39.7 Å². The summed E-state index contributed by atoms with van der Waals surface area (Å²) in [4.78, 5) is 18.5. The first-order valence-corrected chi connectivity index (χ1v) is 10.2. The van der Waals surface area contributed by atoms with E-state index < -0.39 is 0 Å². The largest absolute Gasteiger partial charge is 0.357 e. The molecule has 6 nitrogen and oxygen atoms in total. The minimum absolute atomic E-state index is 0.0401. The molecule has 2 aliphatic rings. The number of likely N-dealkylation sites (tertiary alicyclic amines) is 1. The molecular formula is C22H27N5O. The number of carbonyl (C=O) groups excluding carboxylic acids is 1. The van der Waals surface area contributed by atoms with E-state index >= 15 is 0 Å². The van der Waals surface area contributed by atoms with Gasteiger partial charge in [0.15, 0.2) is 0 Å². The standard InChI is InChI=1S/C22H27N5O/c1-15-13-16(2)27(25-15)14-20(28)26-11-8-22(9-12-26)21-18(7-10-23-22)17-5-3-4-6-19(17)24-21/h3-6,13,23-24H,7-12,14H2,1-2H3. The summed E-state index contributed by atoms with van der Waals surface area (Å²) in [7, 11) is 0. The van der Waals surface area contributed by atoms with Crippen LogP contribution in [0.4, 0.5) is 0 Å². The molecule has 0 saturated carbocycles. The molecule has 5 rings (SSSR count). The summed E-state index contributed by atoms with van der Waals surface area (Å²) in [6.45, 7) is 6.85. The third kappa shape index (κ3) is 2.75. The molecule has 146 valence electrons. The molecule has 0 radical (unpaired) electrons. The number of benzene rings is 1. The van der Waals surface area contributed by atoms with E-state index in [1.165, 1.54) is 22.2 Å². The molecule has 1 amide bonds. The van der Waals surface area contributed by atoms with Crippen molar-refractivity contribution >= 4 is 16.8 Å². The summed E-state index contributed by atoms with van der Waals surface area (Å²) in [5, 5.41) is 9.57. The van der Waals surface area contributed by atoms with Crippen molar-refractivity contribution in [1.29, 1.82) is 0 Å². The highest BCUT2D eigenvalue weighted by molar-refractivity contribution is 5.85. The lowest BCUT2D eigenvalue weighted by Crippen LogP contribution is -2.55. The van der Waals surface area contributed by atoms with Gasteiger partial charge in [-0.05, 0) is 50.8 Å². The van der Waals surface area contributed by atoms with E-state index in [4.69, 9.17) is 0 Å². The van der Waals surface area contributed by atoms with Crippen molar-refractivity contribution in [3.8, 4) is 0 Å². The van der Waals surface area contributed by atoms with Gasteiger partial charge in [0.2, 0.25) is 5.91 Å². The zero-order chi connectivity index (χ0) is 19.3. The van der Waals surface area contributed by atoms with Crippen LogP contribution >= 0.6 is 0 Å². The fourth-order valence-corrected chi connectivity index (χ4v) is 5.01. The number of amides is 1. The Balaban J connectivity index is 1.35. The predicted octanol–water partition coefficient (Wildman–Crippen LogP) is 2.64. The number of carbonyl (C=O) groups is 1. The summed E-state index contributed by atoms with van der Waals surface area (Å²) >= 11 is 0. The van der Waals surface area contributed by atoms with Crippen molar-refractivity contribution in [2.75, 3.05) is 19.6 Å². The van der Waals surface area contributed by atoms with E-state index in [1.807, 2.05) is 29.5 Å². The van der Waals surface area contributed by atoms with Gasteiger partial charge in [0.25, 0.3) is 0 Å². The van der Waals surface area contributed by atoms with Gasteiger partial charge in [0.1, 0.15) is 6.54 Å². The Hall–Kier alpha value is -2.60. The lowest BCUT2D eigenvalue weighted by atomic mass is 9.79. The van der Waals surface area contributed by atoms with Crippen LogP contribution in [-0.2, 0) is 23.3 Å². The Bertz CT molecular complexity index is 1040. The molecule has 28 heavy (non-hydrogen) atoms. The maximum Gasteiger partial charge on any atom is 0.244 e. The van der Waals surface area contributed by atoms with Crippen molar-refractivity contribution in [2.45, 2.75) is 45.2 Å². The molecule has 0 aliphatic carbocycles. The third-order valence-corrected chi connectivity index (χ3v) is 6.49. The van der Waals surface area contributed by atoms with Gasteiger partial charge in [-0.1, -0.05) is 18.2 Å². The monoisotopic (exact) mass is 377 g/mol. The van der Waals surface area contributed by atoms with Crippen molar-refractivity contribution in [2.24, 2.45) is 0 Å². The Morgan fingerprint density at radius 2 is 2.00 bits per heavy atom. The predicted molar refractivity (Wildman–Crippen MR) is 109 cm³/mol. The summed E-state index contributed by atoms with van der Waals surface area (Å²) in [5.74, 6) is 0.161. The summed E-state index contributed by atoms with van der Waals surface area (Å²) < 4.78 is 1.82. The number of piperidine rings is 1. The minimum Gasteiger partial charge on any atom is -0.357 e. The molecule has 3 aromatic rings. The first-order valence-electron chi connectivity index (χ1n) is 10.2. The summed E-state index contributed by atoms with van der Waals surface area (Å²) in [5.41, 5.74) is 5.97. The van der Waals surface area contributed by atoms with Crippen LogP contribution in [-0.4, -0.2) is 45.2 Å². The molecule has 2 N–H and O–H groups in total. The van der Waals surface area contributed by atoms with E-state index in [0.717, 1.165) is 50.3 Å². The maximum absolute atomic E-state index is 12.8. The first kappa shape index (κ1) is 17.5. The number of nitrogens with zero attached hydrogens (tertiary/aromatic N) is 3. The normalized spacial score (nSPS) is 18.6. The van der Waals surface area contributed by atoms with Crippen LogP contribution in [0.2, 0.25) is 0 Å². The zero-order valence-electron chi connectivity index (χ0n) is 16.6. The number of hydrogen-bond acceptors (Lipinski definition) is 3. The second kappa shape index (κ2) is 6.48. The summed E-state index contributed by atoms with van der Waals surface area (Å²) in [6.07, 6.45) is 2.94. The fourth-order valence-electron chi connectivity index (χ4n) is 5.01. The molecule has 2 aliphatic heterocycles. The SMILES string of the molecule is Cc1cc(C)n(CC(=O)N2CCC3(CC2)NCCc2c3[nH]c3ccccc23)n1. The van der Waals surface area contributed by atoms with Crippen molar-refractivity contribution in [3.63, 3.8) is 0 Å². The summed E-state index contributed by atoms with van der Waals surface area (Å²) in [6, 6.07) is 10.6. The van der Waals surface area contributed by atoms with Crippen LogP contribution in [0.1, 0.15) is 35.5 Å². The number of aromatic amines is 1. The number of aryl methyl sites for hydroxylation is 2. The molecular weight excluding hydrogens is 350 g/mol. The quantitative estimate of drug-likeness (QED) is 0.722. The van der Waals surface area contributed by atoms with E-state index in [0.29, 0.717) is 6.54 Å². The van der Waals surface area contributed by atoms with Crippen molar-refractivity contribution in [3.05, 3.63) is 53.0 Å². The van der Waals surface area contributed by atoms with Gasteiger partial charge in [-0.3, -0.25) is 9.48 Å². The van der Waals surface area contributed by atoms with Crippen LogP contribution in [0, 0.1) is 13.8 Å². The average molecular weight is 377 g/mol. The molecule has 1 aromatic carbocycles. The average Bonchev–Trinajstić information content (AvgIpc) is 3.23. The van der Waals surface area contributed by atoms with Gasteiger partial charge < -0.3 is 15.2 Å². The van der Waals surface area contributed by atoms with E-state index in [9.17, 15) is 4.79 Å². The van der Waals surface area contributed by atoms with Gasteiger partial charge in [0.05, 0.1) is 11.2 Å².